The van der Waals surface area contributed by atoms with E-state index in [1.807, 2.05) is 12.1 Å². The smallest absolute Gasteiger partial charge is 0.305 e. The van der Waals surface area contributed by atoms with Crippen molar-refractivity contribution in [2.24, 2.45) is 5.92 Å². The largest absolute Gasteiger partial charge is 0.481 e. The van der Waals surface area contributed by atoms with Gasteiger partial charge in [0.1, 0.15) is 0 Å². The molecule has 1 unspecified atom stereocenters. The topological polar surface area (TPSA) is 101 Å². The molecule has 0 aliphatic heterocycles. The number of carbonyl (C=O) groups excluding carboxylic acids is 3. The van der Waals surface area contributed by atoms with Crippen LogP contribution in [0.1, 0.15) is 74.8 Å². The third-order valence-corrected chi connectivity index (χ3v) is 6.77. The minimum Gasteiger partial charge on any atom is -0.481 e. The van der Waals surface area contributed by atoms with Gasteiger partial charge in [0.2, 0.25) is 0 Å². The van der Waals surface area contributed by atoms with Crippen LogP contribution in [0, 0.1) is 5.92 Å². The number of halogens is 2. The number of rotatable bonds is 12. The van der Waals surface area contributed by atoms with Crippen molar-refractivity contribution in [1.82, 2.24) is 5.32 Å². The summed E-state index contributed by atoms with van der Waals surface area (Å²) < 4.78 is 0. The quantitative estimate of drug-likeness (QED) is 0.245. The molecule has 0 saturated carbocycles. The van der Waals surface area contributed by atoms with E-state index in [1.165, 1.54) is 6.07 Å². The number of hydrogen-bond donors (Lipinski definition) is 2. The summed E-state index contributed by atoms with van der Waals surface area (Å²) in [4.78, 5) is 49.9. The first kappa shape index (κ1) is 29.1. The molecule has 6 nitrogen and oxygen atoms in total. The summed E-state index contributed by atoms with van der Waals surface area (Å²) in [7, 11) is 0. The number of benzene rings is 3. The van der Waals surface area contributed by atoms with Crippen LogP contribution in [0.5, 0.6) is 0 Å². The van der Waals surface area contributed by atoms with E-state index < -0.39 is 17.8 Å². The number of hydrogen-bond acceptors (Lipinski definition) is 4. The number of nitrogens with one attached hydrogen (secondary N) is 1. The second-order valence-corrected chi connectivity index (χ2v) is 10.3. The summed E-state index contributed by atoms with van der Waals surface area (Å²) in [6.07, 6.45) is 0.603. The van der Waals surface area contributed by atoms with Crippen molar-refractivity contribution in [3.63, 3.8) is 0 Å². The lowest BCUT2D eigenvalue weighted by molar-refractivity contribution is -0.136. The highest BCUT2D eigenvalue weighted by atomic mass is 35.5. The average Bonchev–Trinajstić information content (AvgIpc) is 2.88. The zero-order valence-electron chi connectivity index (χ0n) is 21.2. The van der Waals surface area contributed by atoms with E-state index in [-0.39, 0.29) is 36.0 Å². The van der Waals surface area contributed by atoms with Crippen LogP contribution in [0.2, 0.25) is 10.0 Å². The van der Waals surface area contributed by atoms with E-state index in [2.05, 4.69) is 19.2 Å². The second kappa shape index (κ2) is 13.4. The predicted molar refractivity (Wildman–Crippen MR) is 148 cm³/mol. The minimum absolute atomic E-state index is 0.00197. The minimum atomic E-state index is -1.01. The number of amides is 1. The monoisotopic (exact) mass is 553 g/mol. The van der Waals surface area contributed by atoms with Crippen LogP contribution in [0.4, 0.5) is 0 Å². The van der Waals surface area contributed by atoms with Gasteiger partial charge in [-0.05, 0) is 53.8 Å². The molecule has 0 radical (unpaired) electrons. The van der Waals surface area contributed by atoms with Gasteiger partial charge >= 0.3 is 5.97 Å². The molecule has 0 aromatic heterocycles. The van der Waals surface area contributed by atoms with Crippen molar-refractivity contribution in [3.05, 3.63) is 105 Å². The molecule has 0 aliphatic carbocycles. The average molecular weight is 554 g/mol. The first-order chi connectivity index (χ1) is 18.0. The van der Waals surface area contributed by atoms with E-state index >= 15 is 0 Å². The number of Topliss-reactive ketones (excluding diaryl/α,β-unsaturated/α-hetero) is 2. The maximum absolute atomic E-state index is 13.7. The molecule has 3 aromatic carbocycles. The summed E-state index contributed by atoms with van der Waals surface area (Å²) in [5, 5.41) is 11.9. The van der Waals surface area contributed by atoms with Crippen molar-refractivity contribution in [2.45, 2.75) is 39.0 Å². The molecule has 0 aliphatic rings. The number of carboxylic acid groups (broad SMARTS) is 1. The van der Waals surface area contributed by atoms with Crippen molar-refractivity contribution in [1.29, 1.82) is 0 Å². The molecule has 198 valence electrons. The molecule has 0 heterocycles. The third-order valence-electron chi connectivity index (χ3n) is 6.03. The van der Waals surface area contributed by atoms with Crippen LogP contribution in [0.15, 0.2) is 66.7 Å². The van der Waals surface area contributed by atoms with Gasteiger partial charge in [0.25, 0.3) is 5.91 Å². The molecule has 1 atom stereocenters. The fourth-order valence-electron chi connectivity index (χ4n) is 4.06. The molecule has 0 fully saturated rings. The van der Waals surface area contributed by atoms with Crippen LogP contribution < -0.4 is 5.32 Å². The highest BCUT2D eigenvalue weighted by Crippen LogP contribution is 2.29. The number of aliphatic carboxylic acids is 1. The Morgan fingerprint density at radius 1 is 0.816 bits per heavy atom. The predicted octanol–water partition coefficient (Wildman–Crippen LogP) is 6.64. The van der Waals surface area contributed by atoms with E-state index in [1.54, 1.807) is 48.5 Å². The fraction of sp³-hybridized carbons (Fsp3) is 0.267. The lowest BCUT2D eigenvalue weighted by atomic mass is 9.84. The molecule has 38 heavy (non-hydrogen) atoms. The summed E-state index contributed by atoms with van der Waals surface area (Å²) in [5.74, 6) is -2.23. The third kappa shape index (κ3) is 8.01. The molecule has 3 aromatic rings. The van der Waals surface area contributed by atoms with Gasteiger partial charge in [-0.2, -0.15) is 0 Å². The zero-order valence-corrected chi connectivity index (χ0v) is 22.7. The highest BCUT2D eigenvalue weighted by molar-refractivity contribution is 6.42. The van der Waals surface area contributed by atoms with Gasteiger partial charge in [-0.3, -0.25) is 19.2 Å². The SMILES string of the molecule is CC(C)Cc1ccc(C(=O)C(CC(=O)c2ccc(Cl)c(Cl)c2)c2ccc(C(=O)NCCC(=O)O)cc2)cc1. The Labute approximate surface area is 232 Å². The van der Waals surface area contributed by atoms with Crippen LogP contribution in [-0.4, -0.2) is 35.1 Å². The lowest BCUT2D eigenvalue weighted by Gasteiger charge is -2.17. The Morgan fingerprint density at radius 2 is 1.42 bits per heavy atom. The summed E-state index contributed by atoms with van der Waals surface area (Å²) in [6.45, 7) is 4.25. The Hall–Kier alpha value is -3.48. The molecule has 0 saturated heterocycles. The lowest BCUT2D eigenvalue weighted by Crippen LogP contribution is -2.26. The van der Waals surface area contributed by atoms with Gasteiger partial charge < -0.3 is 10.4 Å². The van der Waals surface area contributed by atoms with E-state index in [4.69, 9.17) is 28.3 Å². The molecule has 0 bridgehead atoms. The first-order valence-corrected chi connectivity index (χ1v) is 13.0. The van der Waals surface area contributed by atoms with E-state index in [0.29, 0.717) is 33.2 Å². The zero-order chi connectivity index (χ0) is 27.8. The van der Waals surface area contributed by atoms with Crippen molar-refractivity contribution in [3.8, 4) is 0 Å². The maximum Gasteiger partial charge on any atom is 0.305 e. The summed E-state index contributed by atoms with van der Waals surface area (Å²) >= 11 is 12.1. The summed E-state index contributed by atoms with van der Waals surface area (Å²) in [5.41, 5.74) is 2.85. The number of carbonyl (C=O) groups is 4. The molecule has 1 amide bonds. The molecule has 8 heteroatoms. The summed E-state index contributed by atoms with van der Waals surface area (Å²) in [6, 6.07) is 18.4. The van der Waals surface area contributed by atoms with Gasteiger partial charge in [-0.15, -0.1) is 0 Å². The van der Waals surface area contributed by atoms with Crippen LogP contribution in [0.25, 0.3) is 0 Å². The van der Waals surface area contributed by atoms with Crippen molar-refractivity contribution < 1.29 is 24.3 Å². The number of carboxylic acids is 1. The molecular formula is C30H29Cl2NO5. The Balaban J connectivity index is 1.88. The van der Waals surface area contributed by atoms with E-state index in [0.717, 1.165) is 12.0 Å². The van der Waals surface area contributed by atoms with Gasteiger partial charge in [0.05, 0.1) is 22.4 Å². The molecule has 0 spiro atoms. The van der Waals surface area contributed by atoms with Crippen LogP contribution >= 0.6 is 23.2 Å². The normalized spacial score (nSPS) is 11.7. The molecular weight excluding hydrogens is 525 g/mol. The standard InChI is InChI=1S/C30H29Cl2NO5/c1-18(2)15-19-3-5-21(6-4-19)29(37)24(17-27(34)23-11-12-25(31)26(32)16-23)20-7-9-22(10-8-20)30(38)33-14-13-28(35)36/h3-12,16,18,24H,13-15,17H2,1-2H3,(H,33,38)(H,35,36). The Morgan fingerprint density at radius 3 is 2.00 bits per heavy atom. The molecule has 3 rings (SSSR count). The van der Waals surface area contributed by atoms with Crippen molar-refractivity contribution >= 4 is 46.6 Å². The molecule has 2 N–H and O–H groups in total. The van der Waals surface area contributed by atoms with Gasteiger partial charge in [0, 0.05) is 29.7 Å². The van der Waals surface area contributed by atoms with Crippen molar-refractivity contribution in [2.75, 3.05) is 6.54 Å². The number of ketones is 2. The van der Waals surface area contributed by atoms with Gasteiger partial charge in [0.15, 0.2) is 11.6 Å². The van der Waals surface area contributed by atoms with Gasteiger partial charge in [-0.25, -0.2) is 0 Å². The van der Waals surface area contributed by atoms with Crippen LogP contribution in [-0.2, 0) is 11.2 Å². The van der Waals surface area contributed by atoms with Crippen LogP contribution in [0.3, 0.4) is 0 Å². The maximum atomic E-state index is 13.7. The fourth-order valence-corrected chi connectivity index (χ4v) is 4.36. The van der Waals surface area contributed by atoms with Gasteiger partial charge in [-0.1, -0.05) is 73.4 Å². The Bertz CT molecular complexity index is 1320. The second-order valence-electron chi connectivity index (χ2n) is 9.49. The first-order valence-electron chi connectivity index (χ1n) is 12.3. The Kier molecular flexibility index (Phi) is 10.2. The van der Waals surface area contributed by atoms with E-state index in [9.17, 15) is 19.2 Å². The highest BCUT2D eigenvalue weighted by Gasteiger charge is 2.26.